The molecule has 0 bridgehead atoms. The van der Waals surface area contributed by atoms with E-state index in [-0.39, 0.29) is 0 Å². The molecule has 1 aliphatic carbocycles. The second kappa shape index (κ2) is 4.55. The Morgan fingerprint density at radius 1 is 1.24 bits per heavy atom. The molecule has 1 saturated carbocycles. The molecule has 0 aromatic rings. The molecule has 1 fully saturated rings. The fraction of sp³-hybridized carbons (Fsp3) is 0.867. The van der Waals surface area contributed by atoms with Crippen LogP contribution in [0.4, 0.5) is 0 Å². The van der Waals surface area contributed by atoms with Gasteiger partial charge in [-0.15, -0.1) is 0 Å². The lowest BCUT2D eigenvalue weighted by Crippen LogP contribution is -2.39. The van der Waals surface area contributed by atoms with Gasteiger partial charge in [-0.05, 0) is 30.1 Å². The third kappa shape index (κ3) is 2.61. The Morgan fingerprint density at radius 3 is 2.71 bits per heavy atom. The van der Waals surface area contributed by atoms with Gasteiger partial charge in [0.05, 0.1) is 6.04 Å². The molecule has 96 valence electrons. The Kier molecular flexibility index (Phi) is 3.42. The van der Waals surface area contributed by atoms with E-state index in [1.54, 1.807) is 6.34 Å². The number of hydrogen-bond acceptors (Lipinski definition) is 2. The Hall–Kier alpha value is -0.660. The van der Waals surface area contributed by atoms with Gasteiger partial charge in [0, 0.05) is 12.1 Å². The van der Waals surface area contributed by atoms with E-state index in [1.807, 2.05) is 0 Å². The van der Waals surface area contributed by atoms with Crippen molar-refractivity contribution >= 4 is 12.6 Å². The lowest BCUT2D eigenvalue weighted by Gasteiger charge is -2.46. The van der Waals surface area contributed by atoms with Crippen molar-refractivity contribution in [2.24, 2.45) is 26.7 Å². The van der Waals surface area contributed by atoms with E-state index in [1.165, 1.54) is 32.1 Å². The smallest absolute Gasteiger partial charge is 0.109 e. The van der Waals surface area contributed by atoms with E-state index in [0.29, 0.717) is 22.8 Å². The molecule has 0 radical (unpaired) electrons. The van der Waals surface area contributed by atoms with Crippen molar-refractivity contribution in [2.75, 3.05) is 0 Å². The second-order valence-corrected chi connectivity index (χ2v) is 7.05. The molecule has 2 heteroatoms. The first-order chi connectivity index (χ1) is 7.92. The molecule has 2 rings (SSSR count). The normalized spacial score (nSPS) is 38.4. The zero-order chi connectivity index (χ0) is 12.5. The number of rotatable bonds is 0. The zero-order valence-electron chi connectivity index (χ0n) is 11.7. The number of hydrogen-bond donors (Lipinski definition) is 0. The highest BCUT2D eigenvalue weighted by atomic mass is 14.9. The predicted octanol–water partition coefficient (Wildman–Crippen LogP) is 4.10. The summed E-state index contributed by atoms with van der Waals surface area (Å²) in [5.41, 5.74) is 0.777. The van der Waals surface area contributed by atoms with Crippen LogP contribution in [0.1, 0.15) is 59.8 Å². The van der Waals surface area contributed by atoms with E-state index in [9.17, 15) is 0 Å². The number of aliphatic imine (C=N–C) groups is 2. The van der Waals surface area contributed by atoms with E-state index in [4.69, 9.17) is 0 Å². The van der Waals surface area contributed by atoms with Crippen LogP contribution in [0.2, 0.25) is 0 Å². The summed E-state index contributed by atoms with van der Waals surface area (Å²) < 4.78 is 0. The van der Waals surface area contributed by atoms with Crippen LogP contribution in [0.3, 0.4) is 0 Å². The summed E-state index contributed by atoms with van der Waals surface area (Å²) in [6.07, 6.45) is 10.4. The van der Waals surface area contributed by atoms with E-state index in [2.05, 4.69) is 43.9 Å². The van der Waals surface area contributed by atoms with Gasteiger partial charge < -0.3 is 0 Å². The molecule has 1 heterocycles. The largest absolute Gasteiger partial charge is 0.270 e. The average molecular weight is 234 g/mol. The number of nitrogens with zero attached hydrogens (tertiary/aromatic N) is 2. The highest BCUT2D eigenvalue weighted by Gasteiger charge is 2.41. The molecule has 2 nitrogen and oxygen atoms in total. The lowest BCUT2D eigenvalue weighted by molar-refractivity contribution is 0.0596. The van der Waals surface area contributed by atoms with Gasteiger partial charge in [-0.1, -0.05) is 40.5 Å². The summed E-state index contributed by atoms with van der Waals surface area (Å²) in [6, 6.07) is 0.495. The van der Waals surface area contributed by atoms with Crippen LogP contribution in [0.15, 0.2) is 9.98 Å². The van der Waals surface area contributed by atoms with Crippen molar-refractivity contribution in [3.8, 4) is 0 Å². The SMILES string of the molecule is CC(C)(C)C1(C)CCCCC2N=CN=CC2C1. The van der Waals surface area contributed by atoms with Crippen molar-refractivity contribution in [1.29, 1.82) is 0 Å². The fourth-order valence-electron chi connectivity index (χ4n) is 3.13. The van der Waals surface area contributed by atoms with Gasteiger partial charge in [0.2, 0.25) is 0 Å². The summed E-state index contributed by atoms with van der Waals surface area (Å²) in [4.78, 5) is 8.84. The zero-order valence-corrected chi connectivity index (χ0v) is 11.7. The van der Waals surface area contributed by atoms with Crippen molar-refractivity contribution in [1.82, 2.24) is 0 Å². The summed E-state index contributed by atoms with van der Waals surface area (Å²) in [5.74, 6) is 0.560. The maximum atomic E-state index is 4.58. The molecule has 0 amide bonds. The van der Waals surface area contributed by atoms with Crippen molar-refractivity contribution in [3.63, 3.8) is 0 Å². The summed E-state index contributed by atoms with van der Waals surface area (Å²) in [5, 5.41) is 0. The maximum Gasteiger partial charge on any atom is 0.109 e. The fourth-order valence-corrected chi connectivity index (χ4v) is 3.13. The van der Waals surface area contributed by atoms with E-state index in [0.717, 1.165) is 0 Å². The molecule has 3 unspecified atom stereocenters. The van der Waals surface area contributed by atoms with Gasteiger partial charge >= 0.3 is 0 Å². The molecule has 0 aromatic heterocycles. The molecule has 3 atom stereocenters. The van der Waals surface area contributed by atoms with Crippen molar-refractivity contribution in [2.45, 2.75) is 65.8 Å². The van der Waals surface area contributed by atoms with Gasteiger partial charge in [0.25, 0.3) is 0 Å². The van der Waals surface area contributed by atoms with Crippen LogP contribution in [0, 0.1) is 16.7 Å². The molecular weight excluding hydrogens is 208 g/mol. The van der Waals surface area contributed by atoms with Gasteiger partial charge in [-0.3, -0.25) is 4.99 Å². The monoisotopic (exact) mass is 234 g/mol. The Morgan fingerprint density at radius 2 is 2.00 bits per heavy atom. The van der Waals surface area contributed by atoms with Crippen molar-refractivity contribution in [3.05, 3.63) is 0 Å². The minimum Gasteiger partial charge on any atom is -0.270 e. The summed E-state index contributed by atoms with van der Waals surface area (Å²) >= 11 is 0. The first kappa shape index (κ1) is 12.8. The molecule has 0 aromatic carbocycles. The Labute approximate surface area is 106 Å². The Bertz CT molecular complexity index is 324. The average Bonchev–Trinajstić information content (AvgIpc) is 2.22. The van der Waals surface area contributed by atoms with Gasteiger partial charge in [0.1, 0.15) is 6.34 Å². The van der Waals surface area contributed by atoms with Crippen molar-refractivity contribution < 1.29 is 0 Å². The molecular formula is C15H26N2. The molecule has 0 N–H and O–H groups in total. The third-order valence-electron chi connectivity index (χ3n) is 5.07. The Balaban J connectivity index is 2.20. The first-order valence-electron chi connectivity index (χ1n) is 6.97. The quantitative estimate of drug-likeness (QED) is 0.603. The van der Waals surface area contributed by atoms with Gasteiger partial charge in [-0.2, -0.15) is 0 Å². The maximum absolute atomic E-state index is 4.58. The predicted molar refractivity (Wildman–Crippen MR) is 74.9 cm³/mol. The van der Waals surface area contributed by atoms with E-state index < -0.39 is 0 Å². The summed E-state index contributed by atoms with van der Waals surface area (Å²) in [6.45, 7) is 9.61. The van der Waals surface area contributed by atoms with Crippen LogP contribution in [0.25, 0.3) is 0 Å². The first-order valence-corrected chi connectivity index (χ1v) is 6.97. The highest BCUT2D eigenvalue weighted by molar-refractivity contribution is 5.77. The molecule has 2 aliphatic rings. The van der Waals surface area contributed by atoms with Gasteiger partial charge in [-0.25, -0.2) is 4.99 Å². The van der Waals surface area contributed by atoms with Crippen LogP contribution in [0.5, 0.6) is 0 Å². The minimum atomic E-state index is 0.365. The minimum absolute atomic E-state index is 0.365. The topological polar surface area (TPSA) is 24.7 Å². The molecule has 17 heavy (non-hydrogen) atoms. The van der Waals surface area contributed by atoms with Crippen LogP contribution in [-0.4, -0.2) is 18.6 Å². The molecule has 0 spiro atoms. The van der Waals surface area contributed by atoms with E-state index >= 15 is 0 Å². The molecule has 1 aliphatic heterocycles. The number of fused-ring (bicyclic) bond motifs is 1. The highest BCUT2D eigenvalue weighted by Crippen LogP contribution is 2.49. The van der Waals surface area contributed by atoms with Crippen LogP contribution in [-0.2, 0) is 0 Å². The standard InChI is InChI=1S/C15H26N2/c1-14(2,3)15(4)8-6-5-7-13-12(9-15)10-16-11-17-13/h10-13H,5-9H2,1-4H3. The third-order valence-corrected chi connectivity index (χ3v) is 5.07. The lowest BCUT2D eigenvalue weighted by atomic mass is 9.60. The van der Waals surface area contributed by atoms with Crippen LogP contribution < -0.4 is 0 Å². The molecule has 0 saturated heterocycles. The van der Waals surface area contributed by atoms with Crippen LogP contribution >= 0.6 is 0 Å². The second-order valence-electron chi connectivity index (χ2n) is 7.05. The summed E-state index contributed by atoms with van der Waals surface area (Å²) in [7, 11) is 0. The van der Waals surface area contributed by atoms with Gasteiger partial charge in [0.15, 0.2) is 0 Å².